The topological polar surface area (TPSA) is 90.9 Å². The van der Waals surface area contributed by atoms with E-state index in [2.05, 4.69) is 10.6 Å². The molecule has 2 heterocycles. The number of para-hydroxylation sites is 1. The third-order valence-electron chi connectivity index (χ3n) is 5.26. The third-order valence-corrected chi connectivity index (χ3v) is 5.57. The van der Waals surface area contributed by atoms with Crippen LogP contribution in [0, 0.1) is 0 Å². The number of fused-ring (bicyclic) bond motifs is 5. The third kappa shape index (κ3) is 4.07. The van der Waals surface area contributed by atoms with Gasteiger partial charge in [-0.15, -0.1) is 0 Å². The van der Waals surface area contributed by atoms with Crippen LogP contribution in [0.2, 0.25) is 5.02 Å². The molecule has 0 aromatic heterocycles. The van der Waals surface area contributed by atoms with Gasteiger partial charge >= 0.3 is 18.2 Å². The Bertz CT molecular complexity index is 1050. The highest BCUT2D eigenvalue weighted by molar-refractivity contribution is 6.34. The highest BCUT2D eigenvalue weighted by Gasteiger charge is 2.44. The van der Waals surface area contributed by atoms with Gasteiger partial charge in [-0.1, -0.05) is 29.8 Å². The quantitative estimate of drug-likeness (QED) is 0.597. The number of amides is 2. The van der Waals surface area contributed by atoms with E-state index in [-0.39, 0.29) is 10.7 Å². The van der Waals surface area contributed by atoms with Gasteiger partial charge in [-0.25, -0.2) is 4.79 Å². The summed E-state index contributed by atoms with van der Waals surface area (Å²) in [6, 6.07) is 8.33. The van der Waals surface area contributed by atoms with Gasteiger partial charge in [-0.2, -0.15) is 13.2 Å². The Morgan fingerprint density at radius 2 is 1.94 bits per heavy atom. The zero-order valence-electron chi connectivity index (χ0n) is 15.9. The van der Waals surface area contributed by atoms with Crippen LogP contribution in [0.4, 0.5) is 29.3 Å². The van der Waals surface area contributed by atoms with Crippen molar-refractivity contribution in [3.8, 4) is 11.5 Å². The number of ether oxygens (including phenoxy) is 1. The molecule has 2 amide bonds. The second-order valence-corrected chi connectivity index (χ2v) is 7.64. The molecule has 0 unspecified atom stereocenters. The normalized spacial score (nSPS) is 19.8. The molecule has 0 bridgehead atoms. The largest absolute Gasteiger partial charge is 0.471 e. The van der Waals surface area contributed by atoms with E-state index in [1.54, 1.807) is 24.3 Å². The molecule has 2 aromatic rings. The number of hydrogen-bond donors (Lipinski definition) is 3. The first-order chi connectivity index (χ1) is 14.6. The van der Waals surface area contributed by atoms with E-state index in [0.29, 0.717) is 42.1 Å². The minimum atomic E-state index is -5.00. The van der Waals surface area contributed by atoms with Crippen molar-refractivity contribution in [3.63, 3.8) is 0 Å². The van der Waals surface area contributed by atoms with E-state index >= 15 is 0 Å². The van der Waals surface area contributed by atoms with Crippen molar-refractivity contribution in [2.45, 2.75) is 31.1 Å². The highest BCUT2D eigenvalue weighted by Crippen LogP contribution is 2.49. The lowest BCUT2D eigenvalue weighted by atomic mass is 9.89. The molecule has 164 valence electrons. The van der Waals surface area contributed by atoms with E-state index in [4.69, 9.17) is 21.4 Å². The Labute approximate surface area is 179 Å². The first-order valence-electron chi connectivity index (χ1n) is 9.40. The number of carboxylic acid groups (broad SMARTS) is 1. The molecule has 31 heavy (non-hydrogen) atoms. The molecule has 4 rings (SSSR count). The van der Waals surface area contributed by atoms with Crippen molar-refractivity contribution in [1.29, 1.82) is 0 Å². The van der Waals surface area contributed by atoms with Gasteiger partial charge < -0.3 is 20.1 Å². The fourth-order valence-electron chi connectivity index (χ4n) is 4.05. The zero-order chi connectivity index (χ0) is 22.3. The maximum atomic E-state index is 12.9. The predicted octanol–water partition coefficient (Wildman–Crippen LogP) is 4.92. The molecule has 1 fully saturated rings. The van der Waals surface area contributed by atoms with Crippen molar-refractivity contribution < 1.29 is 32.6 Å². The molecular weight excluding hydrogens is 439 g/mol. The van der Waals surface area contributed by atoms with E-state index in [1.165, 1.54) is 12.1 Å². The van der Waals surface area contributed by atoms with Crippen LogP contribution in [0.5, 0.6) is 11.5 Å². The van der Waals surface area contributed by atoms with E-state index in [0.717, 1.165) is 0 Å². The summed E-state index contributed by atoms with van der Waals surface area (Å²) in [7, 11) is 0. The van der Waals surface area contributed by atoms with E-state index in [1.807, 2.05) is 4.90 Å². The number of hydrogen-bond acceptors (Lipinski definition) is 4. The van der Waals surface area contributed by atoms with Crippen molar-refractivity contribution in [2.24, 2.45) is 0 Å². The molecule has 3 N–H and O–H groups in total. The van der Waals surface area contributed by atoms with Crippen LogP contribution in [0.15, 0.2) is 36.4 Å². The minimum absolute atomic E-state index is 0.107. The van der Waals surface area contributed by atoms with Gasteiger partial charge in [0.15, 0.2) is 5.75 Å². The Kier molecular flexibility index (Phi) is 5.34. The van der Waals surface area contributed by atoms with Gasteiger partial charge in [-0.3, -0.25) is 10.1 Å². The lowest BCUT2D eigenvalue weighted by Crippen LogP contribution is -2.52. The fourth-order valence-corrected chi connectivity index (χ4v) is 4.25. The molecule has 11 heteroatoms. The van der Waals surface area contributed by atoms with Crippen molar-refractivity contribution in [3.05, 3.63) is 47.0 Å². The van der Waals surface area contributed by atoms with Crippen molar-refractivity contribution in [1.82, 2.24) is 5.32 Å². The number of alkyl halides is 3. The van der Waals surface area contributed by atoms with Crippen LogP contribution in [-0.4, -0.2) is 35.9 Å². The first-order valence-corrected chi connectivity index (χ1v) is 9.77. The molecule has 0 aliphatic carbocycles. The Morgan fingerprint density at radius 3 is 2.65 bits per heavy atom. The standard InChI is InChI=1S/C20H17ClF3N3O4/c21-11-8-14-16(9-13(11)26-19(29)30)31-15-6-2-1-4-10(15)17-12(5-3-7-27(14)17)25-18(28)20(22,23)24/h1-2,4,6,8-9,12,17,26H,3,5,7H2,(H,25,28)(H,29,30)/t12-,17-/m0/s1. The van der Waals surface area contributed by atoms with Gasteiger partial charge in [0.2, 0.25) is 0 Å². The SMILES string of the molecule is O=C(O)Nc1cc2c(cc1Cl)N1CCC[C@H](NC(=O)C(F)(F)F)[C@@H]1c1ccccc1O2. The second-order valence-electron chi connectivity index (χ2n) is 7.23. The maximum Gasteiger partial charge on any atom is 0.471 e. The molecule has 1 saturated heterocycles. The zero-order valence-corrected chi connectivity index (χ0v) is 16.6. The summed E-state index contributed by atoms with van der Waals surface area (Å²) >= 11 is 6.26. The number of piperidine rings is 1. The van der Waals surface area contributed by atoms with Crippen molar-refractivity contribution in [2.75, 3.05) is 16.8 Å². The monoisotopic (exact) mass is 455 g/mol. The molecule has 2 aromatic carbocycles. The molecule has 2 aliphatic rings. The molecule has 0 radical (unpaired) electrons. The summed E-state index contributed by atoms with van der Waals surface area (Å²) in [5.41, 5.74) is 1.21. The lowest BCUT2D eigenvalue weighted by Gasteiger charge is -2.42. The second kappa shape index (κ2) is 7.84. The van der Waals surface area contributed by atoms with E-state index < -0.39 is 30.3 Å². The predicted molar refractivity (Wildman–Crippen MR) is 107 cm³/mol. The van der Waals surface area contributed by atoms with Gasteiger partial charge in [-0.05, 0) is 25.0 Å². The number of benzene rings is 2. The summed E-state index contributed by atoms with van der Waals surface area (Å²) < 4.78 is 44.8. The Balaban J connectivity index is 1.81. The van der Waals surface area contributed by atoms with Crippen molar-refractivity contribution >= 4 is 35.0 Å². The van der Waals surface area contributed by atoms with Crippen LogP contribution < -0.4 is 20.3 Å². The molecule has 2 aliphatic heterocycles. The molecule has 0 spiro atoms. The molecule has 2 atom stereocenters. The summed E-state index contributed by atoms with van der Waals surface area (Å²) in [6.07, 6.45) is -5.43. The summed E-state index contributed by atoms with van der Waals surface area (Å²) in [6.45, 7) is 0.482. The van der Waals surface area contributed by atoms with E-state index in [9.17, 15) is 22.8 Å². The fraction of sp³-hybridized carbons (Fsp3) is 0.300. The smallest absolute Gasteiger partial charge is 0.465 e. The minimum Gasteiger partial charge on any atom is -0.465 e. The lowest BCUT2D eigenvalue weighted by molar-refractivity contribution is -0.174. The highest BCUT2D eigenvalue weighted by atomic mass is 35.5. The number of anilines is 2. The number of nitrogens with zero attached hydrogens (tertiary/aromatic N) is 1. The van der Waals surface area contributed by atoms with Gasteiger partial charge in [0.05, 0.1) is 28.5 Å². The Hall–Kier alpha value is -3.14. The average Bonchev–Trinajstić information content (AvgIpc) is 2.82. The maximum absolute atomic E-state index is 12.9. The number of halogens is 4. The summed E-state index contributed by atoms with van der Waals surface area (Å²) in [5, 5.41) is 13.5. The Morgan fingerprint density at radius 1 is 1.19 bits per heavy atom. The van der Waals surface area contributed by atoms with Crippen LogP contribution in [0.3, 0.4) is 0 Å². The van der Waals surface area contributed by atoms with Gasteiger partial charge in [0.25, 0.3) is 0 Å². The van der Waals surface area contributed by atoms with Crippen LogP contribution in [0.1, 0.15) is 24.4 Å². The summed E-state index contributed by atoms with van der Waals surface area (Å²) in [5.74, 6) is -1.31. The molecule has 7 nitrogen and oxygen atoms in total. The number of rotatable bonds is 2. The van der Waals surface area contributed by atoms with Crippen LogP contribution in [-0.2, 0) is 4.79 Å². The van der Waals surface area contributed by atoms with Gasteiger partial charge in [0.1, 0.15) is 5.75 Å². The average molecular weight is 456 g/mol. The van der Waals surface area contributed by atoms with Gasteiger partial charge in [0, 0.05) is 18.2 Å². The first kappa shape index (κ1) is 21.1. The molecule has 0 saturated carbocycles. The number of carbonyl (C=O) groups excluding carboxylic acids is 1. The number of nitrogens with one attached hydrogen (secondary N) is 2. The molecular formula is C20H17ClF3N3O4. The number of carbonyl (C=O) groups is 2. The van der Waals surface area contributed by atoms with Crippen LogP contribution in [0.25, 0.3) is 0 Å². The van der Waals surface area contributed by atoms with Crippen LogP contribution >= 0.6 is 11.6 Å². The summed E-state index contributed by atoms with van der Waals surface area (Å²) in [4.78, 5) is 24.6.